The summed E-state index contributed by atoms with van der Waals surface area (Å²) in [7, 11) is 0. The van der Waals surface area contributed by atoms with Crippen molar-refractivity contribution >= 4 is 29.1 Å². The van der Waals surface area contributed by atoms with E-state index in [1.807, 2.05) is 24.3 Å². The van der Waals surface area contributed by atoms with Gasteiger partial charge in [0.2, 0.25) is 5.91 Å². The molecule has 3 aromatic rings. The van der Waals surface area contributed by atoms with Crippen LogP contribution in [0.3, 0.4) is 0 Å². The Hall–Kier alpha value is -3.46. The van der Waals surface area contributed by atoms with E-state index < -0.39 is 5.91 Å². The number of aromatic hydroxyl groups is 1. The molecule has 1 saturated heterocycles. The Labute approximate surface area is 233 Å². The van der Waals surface area contributed by atoms with Crippen LogP contribution >= 0.6 is 11.6 Å². The third-order valence-corrected chi connectivity index (χ3v) is 7.74. The van der Waals surface area contributed by atoms with E-state index in [0.29, 0.717) is 45.7 Å². The molecule has 1 atom stereocenters. The molecule has 2 amide bonds. The van der Waals surface area contributed by atoms with Crippen LogP contribution in [0.15, 0.2) is 53.5 Å². The van der Waals surface area contributed by atoms with E-state index in [2.05, 4.69) is 32.4 Å². The van der Waals surface area contributed by atoms with Crippen molar-refractivity contribution in [3.63, 3.8) is 0 Å². The third-order valence-electron chi connectivity index (χ3n) is 7.49. The lowest BCUT2D eigenvalue weighted by molar-refractivity contribution is -0.120. The lowest BCUT2D eigenvalue weighted by Crippen LogP contribution is -2.39. The molecule has 1 aromatic heterocycles. The molecule has 4 N–H and O–H groups in total. The van der Waals surface area contributed by atoms with E-state index in [-0.39, 0.29) is 18.3 Å². The Morgan fingerprint density at radius 1 is 1.15 bits per heavy atom. The van der Waals surface area contributed by atoms with Crippen LogP contribution in [0.4, 0.5) is 0 Å². The highest BCUT2D eigenvalue weighted by atomic mass is 35.5. The minimum absolute atomic E-state index is 0.0682. The molecule has 204 valence electrons. The van der Waals surface area contributed by atoms with Crippen LogP contribution < -0.4 is 10.6 Å². The van der Waals surface area contributed by atoms with Gasteiger partial charge in [-0.1, -0.05) is 48.4 Å². The normalized spacial score (nSPS) is 17.2. The highest BCUT2D eigenvalue weighted by molar-refractivity contribution is 6.32. The Balaban J connectivity index is 1.17. The summed E-state index contributed by atoms with van der Waals surface area (Å²) < 4.78 is 0. The molecule has 2 aliphatic heterocycles. The lowest BCUT2D eigenvalue weighted by atomic mass is 9.99. The number of H-pyrrole nitrogens is 1. The van der Waals surface area contributed by atoms with Gasteiger partial charge in [-0.3, -0.25) is 9.59 Å². The number of halogens is 1. The summed E-state index contributed by atoms with van der Waals surface area (Å²) in [4.78, 5) is 35.0. The summed E-state index contributed by atoms with van der Waals surface area (Å²) in [5.41, 5.74) is 3.93. The van der Waals surface area contributed by atoms with Crippen molar-refractivity contribution in [3.8, 4) is 17.1 Å². The number of nitrogens with zero attached hydrogens (tertiary/aromatic N) is 2. The van der Waals surface area contributed by atoms with E-state index in [4.69, 9.17) is 11.6 Å². The topological polar surface area (TPSA) is 110 Å². The predicted octanol–water partition coefficient (Wildman–Crippen LogP) is 4.50. The highest BCUT2D eigenvalue weighted by Crippen LogP contribution is 2.38. The number of amides is 2. The van der Waals surface area contributed by atoms with Crippen LogP contribution in [0, 0.1) is 0 Å². The average Bonchev–Trinajstić information content (AvgIpc) is 3.46. The number of hydrogen-bond donors (Lipinski definition) is 4. The van der Waals surface area contributed by atoms with Gasteiger partial charge in [0.1, 0.15) is 0 Å². The van der Waals surface area contributed by atoms with Crippen LogP contribution in [0.1, 0.15) is 59.7 Å². The maximum Gasteiger partial charge on any atom is 0.280 e. The fraction of sp³-hybridized carbons (Fsp3) is 0.367. The monoisotopic (exact) mass is 547 g/mol. The minimum Gasteiger partial charge on any atom is -0.494 e. The van der Waals surface area contributed by atoms with Crippen LogP contribution in [0.25, 0.3) is 11.3 Å². The van der Waals surface area contributed by atoms with Crippen LogP contribution in [0.2, 0.25) is 5.02 Å². The van der Waals surface area contributed by atoms with Gasteiger partial charge in [0.25, 0.3) is 5.91 Å². The van der Waals surface area contributed by atoms with Crippen molar-refractivity contribution in [2.45, 2.75) is 45.2 Å². The Bertz CT molecular complexity index is 1380. The van der Waals surface area contributed by atoms with Crippen LogP contribution in [-0.4, -0.2) is 64.7 Å². The molecule has 3 heterocycles. The number of carbonyl (C=O) groups is 2. The maximum absolute atomic E-state index is 12.9. The molecule has 2 aromatic carbocycles. The molecule has 0 radical (unpaired) electrons. The number of piperidine rings is 1. The van der Waals surface area contributed by atoms with E-state index in [1.54, 1.807) is 24.3 Å². The van der Waals surface area contributed by atoms with Gasteiger partial charge in [-0.05, 0) is 75.1 Å². The first kappa shape index (κ1) is 27.1. The summed E-state index contributed by atoms with van der Waals surface area (Å²) in [6.45, 7) is 5.97. The minimum atomic E-state index is -0.416. The fourth-order valence-corrected chi connectivity index (χ4v) is 5.50. The van der Waals surface area contributed by atoms with E-state index in [1.165, 1.54) is 25.8 Å². The van der Waals surface area contributed by atoms with Crippen molar-refractivity contribution in [1.29, 1.82) is 0 Å². The fourth-order valence-electron chi connectivity index (χ4n) is 5.38. The molecule has 39 heavy (non-hydrogen) atoms. The second-order valence-corrected chi connectivity index (χ2v) is 10.7. The number of aromatic nitrogens is 1. The molecule has 5 rings (SSSR count). The zero-order valence-corrected chi connectivity index (χ0v) is 22.9. The molecule has 1 unspecified atom stereocenters. The first-order valence-electron chi connectivity index (χ1n) is 13.6. The molecule has 1 fully saturated rings. The smallest absolute Gasteiger partial charge is 0.280 e. The molecule has 0 saturated carbocycles. The van der Waals surface area contributed by atoms with Gasteiger partial charge in [-0.15, -0.1) is 0 Å². The molecule has 0 aliphatic carbocycles. The number of likely N-dealkylation sites (tertiary alicyclic amines) is 1. The standard InChI is InChI=1S/C30H34ClN5O3/c1-19-6-2-3-14-36(19)15-5-13-32-18-24(37)33-17-20-7-4-8-22(16-20)28-26-25(29(38)35-28)27(34-30(26)39)21-9-11-23(31)12-10-21/h4,7-12,16,19,32,35,38H,2-3,5-6,13-15,17-18H2,1H3,(H,33,37). The molecular formula is C30H34ClN5O3. The van der Waals surface area contributed by atoms with Crippen molar-refractivity contribution in [2.75, 3.05) is 26.2 Å². The molecule has 9 heteroatoms. The largest absolute Gasteiger partial charge is 0.494 e. The van der Waals surface area contributed by atoms with E-state index >= 15 is 0 Å². The van der Waals surface area contributed by atoms with Gasteiger partial charge in [0.05, 0.1) is 29.1 Å². The highest BCUT2D eigenvalue weighted by Gasteiger charge is 2.33. The quantitative estimate of drug-likeness (QED) is 0.279. The maximum atomic E-state index is 12.9. The Morgan fingerprint density at radius 2 is 1.97 bits per heavy atom. The zero-order valence-electron chi connectivity index (χ0n) is 22.1. The number of aliphatic imine (C=N–C) groups is 1. The van der Waals surface area contributed by atoms with Crippen LogP contribution in [-0.2, 0) is 11.3 Å². The molecule has 8 nitrogen and oxygen atoms in total. The molecule has 0 bridgehead atoms. The number of benzene rings is 2. The van der Waals surface area contributed by atoms with E-state index in [0.717, 1.165) is 30.6 Å². The Morgan fingerprint density at radius 3 is 2.77 bits per heavy atom. The second kappa shape index (κ2) is 12.2. The number of nitrogens with one attached hydrogen (secondary N) is 3. The lowest BCUT2D eigenvalue weighted by Gasteiger charge is -2.33. The first-order chi connectivity index (χ1) is 18.9. The summed E-state index contributed by atoms with van der Waals surface area (Å²) in [6, 6.07) is 15.2. The zero-order chi connectivity index (χ0) is 27.4. The SMILES string of the molecule is CC1CCCCN1CCCNCC(=O)NCc1cccc(-c2[nH]c(O)c3c2C(=O)N=C3c2ccc(Cl)cc2)c1. The average molecular weight is 548 g/mol. The van der Waals surface area contributed by atoms with Crippen molar-refractivity contribution in [3.05, 3.63) is 75.8 Å². The molecular weight excluding hydrogens is 514 g/mol. The van der Waals surface area contributed by atoms with Gasteiger partial charge >= 0.3 is 0 Å². The first-order valence-corrected chi connectivity index (χ1v) is 13.9. The van der Waals surface area contributed by atoms with Gasteiger partial charge in [-0.25, -0.2) is 4.99 Å². The van der Waals surface area contributed by atoms with Gasteiger partial charge in [-0.2, -0.15) is 0 Å². The summed E-state index contributed by atoms with van der Waals surface area (Å²) in [5, 5.41) is 17.5. The second-order valence-electron chi connectivity index (χ2n) is 10.3. The molecule has 0 spiro atoms. The molecule has 2 aliphatic rings. The predicted molar refractivity (Wildman–Crippen MR) is 154 cm³/mol. The van der Waals surface area contributed by atoms with Gasteiger partial charge in [0, 0.05) is 23.2 Å². The van der Waals surface area contributed by atoms with Gasteiger partial charge < -0.3 is 25.6 Å². The summed E-state index contributed by atoms with van der Waals surface area (Å²) in [5.74, 6) is -0.596. The van der Waals surface area contributed by atoms with Crippen molar-refractivity contribution in [1.82, 2.24) is 20.5 Å². The van der Waals surface area contributed by atoms with E-state index in [9.17, 15) is 14.7 Å². The summed E-state index contributed by atoms with van der Waals surface area (Å²) >= 11 is 6.00. The Kier molecular flexibility index (Phi) is 8.45. The van der Waals surface area contributed by atoms with Crippen molar-refractivity contribution in [2.24, 2.45) is 4.99 Å². The van der Waals surface area contributed by atoms with Crippen LogP contribution in [0.5, 0.6) is 5.88 Å². The number of hydrogen-bond acceptors (Lipinski definition) is 5. The third kappa shape index (κ3) is 6.24. The number of rotatable bonds is 10. The number of fused-ring (bicyclic) bond motifs is 1. The van der Waals surface area contributed by atoms with Gasteiger partial charge in [0.15, 0.2) is 5.88 Å². The number of aromatic amines is 1. The summed E-state index contributed by atoms with van der Waals surface area (Å²) in [6.07, 6.45) is 4.91. The number of carbonyl (C=O) groups excluding carboxylic acids is 2. The van der Waals surface area contributed by atoms with Crippen molar-refractivity contribution < 1.29 is 14.7 Å².